The summed E-state index contributed by atoms with van der Waals surface area (Å²) in [5, 5.41) is 0. The van der Waals surface area contributed by atoms with Crippen LogP contribution in [0.4, 0.5) is 0 Å². The monoisotopic (exact) mass is 502 g/mol. The molecule has 156 valence electrons. The van der Waals surface area contributed by atoms with E-state index >= 15 is 0 Å². The van der Waals surface area contributed by atoms with E-state index in [0.29, 0.717) is 0 Å². The summed E-state index contributed by atoms with van der Waals surface area (Å²) < 4.78 is 29.6. The number of rotatable bonds is 6. The van der Waals surface area contributed by atoms with E-state index in [1.165, 1.54) is 0 Å². The maximum absolute atomic E-state index is 12.7. The van der Waals surface area contributed by atoms with Gasteiger partial charge in [-0.15, -0.1) is 6.04 Å². The number of halogens is 1. The first-order chi connectivity index (χ1) is 12.2. The molecule has 1 aliphatic rings. The zero-order valence-electron chi connectivity index (χ0n) is 17.0. The third kappa shape index (κ3) is 8.10. The van der Waals surface area contributed by atoms with Crippen LogP contribution in [0.15, 0.2) is 18.2 Å². The third-order valence-electron chi connectivity index (χ3n) is 4.84. The molecule has 2 atom stereocenters. The predicted molar refractivity (Wildman–Crippen MR) is 113 cm³/mol. The predicted octanol–water partition coefficient (Wildman–Crippen LogP) is 6.64. The summed E-state index contributed by atoms with van der Waals surface area (Å²) in [6.07, 6.45) is 3.45. The number of benzene rings is 1. The second-order valence-electron chi connectivity index (χ2n) is 7.51. The van der Waals surface area contributed by atoms with Crippen molar-refractivity contribution in [1.29, 1.82) is 0 Å². The summed E-state index contributed by atoms with van der Waals surface area (Å²) in [6.45, 7) is 8.36. The van der Waals surface area contributed by atoms with Gasteiger partial charge >= 0.3 is 27.0 Å². The van der Waals surface area contributed by atoms with E-state index in [0.717, 1.165) is 42.4 Å². The molecule has 1 fully saturated rings. The normalized spacial score (nSPS) is 20.0. The fourth-order valence-electron chi connectivity index (χ4n) is 3.54. The van der Waals surface area contributed by atoms with Crippen LogP contribution in [-0.4, -0.2) is 20.5 Å². The van der Waals surface area contributed by atoms with Crippen LogP contribution in [0.2, 0.25) is 0 Å². The van der Waals surface area contributed by atoms with Gasteiger partial charge in [0.25, 0.3) is 0 Å². The topological polar surface area (TPSA) is 72.0 Å². The quantitative estimate of drug-likeness (QED) is 0.324. The summed E-state index contributed by atoms with van der Waals surface area (Å²) in [5.74, 6) is 0.498. The molecule has 0 amide bonds. The molecule has 1 aliphatic carbocycles. The van der Waals surface area contributed by atoms with Gasteiger partial charge in [0.05, 0.1) is 15.8 Å². The van der Waals surface area contributed by atoms with Gasteiger partial charge in [0.2, 0.25) is 0 Å². The zero-order valence-corrected chi connectivity index (χ0v) is 20.3. The van der Waals surface area contributed by atoms with Crippen molar-refractivity contribution in [3.05, 3.63) is 52.8 Å². The van der Waals surface area contributed by atoms with E-state index in [-0.39, 0.29) is 37.1 Å². The standard InChI is InChI=1S/C19H30N2O2S.CH3.ClH.Ru/c1-13(2)15-8-7-9-16(14(3)4)17(15)12-24(22,23)21-19-11-6-5-10-18(19)20;;;/h7-9,13-14,18-20H,5-6,10-12H2,1-4H3;1H3;1H;/q-2;-1;;+4/p-1. The van der Waals surface area contributed by atoms with E-state index in [2.05, 4.69) is 42.1 Å². The van der Waals surface area contributed by atoms with Crippen LogP contribution in [0.3, 0.4) is 0 Å². The first-order valence-corrected chi connectivity index (χ1v) is 13.0. The molecule has 0 aromatic heterocycles. The maximum atomic E-state index is 12.7. The molecule has 2 unspecified atom stereocenters. The minimum absolute atomic E-state index is 0. The Labute approximate surface area is 180 Å². The Hall–Kier alpha value is 0.00338. The first kappa shape index (κ1) is 27.0. The van der Waals surface area contributed by atoms with Crippen LogP contribution >= 0.6 is 9.69 Å². The Morgan fingerprint density at radius 2 is 1.59 bits per heavy atom. The van der Waals surface area contributed by atoms with Crippen molar-refractivity contribution in [3.63, 3.8) is 0 Å². The number of hydrogen-bond acceptors (Lipinski definition) is 2. The van der Waals surface area contributed by atoms with Crippen molar-refractivity contribution >= 4 is 19.7 Å². The van der Waals surface area contributed by atoms with E-state index in [1.54, 1.807) is 0 Å². The number of hydrogen-bond donors (Lipinski definition) is 0. The Bertz CT molecular complexity index is 640. The van der Waals surface area contributed by atoms with E-state index in [1.807, 2.05) is 35.5 Å². The average molecular weight is 502 g/mol. The summed E-state index contributed by atoms with van der Waals surface area (Å²) in [6, 6.07) is 5.32. The van der Waals surface area contributed by atoms with Crippen LogP contribution < -0.4 is 0 Å². The number of sulfonamides is 1. The molecule has 7 heteroatoms. The molecule has 0 heterocycles. The summed E-state index contributed by atoms with van der Waals surface area (Å²) in [5.41, 5.74) is 11.1. The number of nitrogens with zero attached hydrogens (tertiary/aromatic N) is 1. The Balaban J connectivity index is 0.00000218. The average Bonchev–Trinajstić information content (AvgIpc) is 2.58. The minimum atomic E-state index is -3.57. The Morgan fingerprint density at radius 3 is 2.04 bits per heavy atom. The van der Waals surface area contributed by atoms with Gasteiger partial charge in [0.1, 0.15) is 0 Å². The molecule has 4 nitrogen and oxygen atoms in total. The molecular weight excluding hydrogens is 469 g/mol. The molecular formula is C20H33ClN2O2RuS. The second kappa shape index (κ2) is 12.5. The first-order valence-electron chi connectivity index (χ1n) is 9.12. The molecule has 1 aromatic rings. The van der Waals surface area contributed by atoms with Crippen molar-refractivity contribution in [3.8, 4) is 0 Å². The fraction of sp³-hybridized carbons (Fsp3) is 0.650. The molecule has 0 bridgehead atoms. The van der Waals surface area contributed by atoms with Gasteiger partial charge < -0.3 is 17.9 Å². The number of nitrogens with one attached hydrogen (secondary N) is 1. The van der Waals surface area contributed by atoms with Crippen LogP contribution in [0.25, 0.3) is 10.5 Å². The molecule has 0 aliphatic heterocycles. The van der Waals surface area contributed by atoms with Gasteiger partial charge in [0.15, 0.2) is 0 Å². The molecule has 1 N–H and O–H groups in total. The van der Waals surface area contributed by atoms with Crippen molar-refractivity contribution in [1.82, 2.24) is 0 Å². The summed E-state index contributed by atoms with van der Waals surface area (Å²) in [4.78, 5) is 0. The molecule has 27 heavy (non-hydrogen) atoms. The van der Waals surface area contributed by atoms with Gasteiger partial charge in [-0.05, 0) is 28.5 Å². The molecule has 1 saturated carbocycles. The van der Waals surface area contributed by atoms with Crippen LogP contribution in [-0.2, 0) is 33.1 Å². The Kier molecular flexibility index (Phi) is 12.5. The van der Waals surface area contributed by atoms with Crippen LogP contribution in [0, 0.1) is 7.43 Å². The SMILES string of the molecule is CC(C)c1cccc(C(C)C)c1CS(=O)(=O)[N-]C1CCCCC1[NH-].[CH3-].[Cl][Ru+3]. The van der Waals surface area contributed by atoms with Crippen molar-refractivity contribution in [2.45, 2.75) is 83.1 Å². The van der Waals surface area contributed by atoms with Crippen molar-refractivity contribution < 1.29 is 25.7 Å². The molecule has 2 rings (SSSR count). The molecule has 0 spiro atoms. The van der Waals surface area contributed by atoms with Crippen molar-refractivity contribution in [2.75, 3.05) is 0 Å². The van der Waals surface area contributed by atoms with E-state index < -0.39 is 10.0 Å². The molecule has 0 saturated heterocycles. The summed E-state index contributed by atoms with van der Waals surface area (Å²) >= 11 is 1.82. The zero-order chi connectivity index (χ0) is 19.9. The third-order valence-corrected chi connectivity index (χ3v) is 6.09. The van der Waals surface area contributed by atoms with Crippen molar-refractivity contribution in [2.24, 2.45) is 0 Å². The molecule has 0 radical (unpaired) electrons. The van der Waals surface area contributed by atoms with Crippen LogP contribution in [0.1, 0.15) is 81.9 Å². The van der Waals surface area contributed by atoms with Gasteiger partial charge in [-0.2, -0.15) is 6.04 Å². The Morgan fingerprint density at radius 1 is 1.11 bits per heavy atom. The van der Waals surface area contributed by atoms with Crippen LogP contribution in [0.5, 0.6) is 0 Å². The summed E-state index contributed by atoms with van der Waals surface area (Å²) in [7, 11) is 0.995. The van der Waals surface area contributed by atoms with Gasteiger partial charge in [0, 0.05) is 0 Å². The van der Waals surface area contributed by atoms with E-state index in [9.17, 15) is 8.42 Å². The van der Waals surface area contributed by atoms with Gasteiger partial charge in [-0.3, -0.25) is 0 Å². The fourth-order valence-corrected chi connectivity index (χ4v) is 4.97. The van der Waals surface area contributed by atoms with E-state index in [4.69, 9.17) is 5.73 Å². The van der Waals surface area contributed by atoms with Gasteiger partial charge in [-0.25, -0.2) is 8.42 Å². The molecule has 1 aromatic carbocycles. The second-order valence-corrected chi connectivity index (χ2v) is 9.18. The van der Waals surface area contributed by atoms with Gasteiger partial charge in [-0.1, -0.05) is 71.6 Å².